The number of fused-ring (bicyclic) bond motifs is 6. The lowest BCUT2D eigenvalue weighted by atomic mass is 9.84. The lowest BCUT2D eigenvalue weighted by Gasteiger charge is -2.41. The molecule has 2 amide bonds. The Balaban J connectivity index is 1.38. The number of carbonyl (C=O) groups is 3. The van der Waals surface area contributed by atoms with Crippen LogP contribution in [0.25, 0.3) is 33.3 Å². The molecule has 3 N–H and O–H groups in total. The molecule has 3 aromatic heterocycles. The summed E-state index contributed by atoms with van der Waals surface area (Å²) >= 11 is 0. The minimum atomic E-state index is -1.21. The number of oxazole rings is 1. The molecule has 3 atom stereocenters. The minimum absolute atomic E-state index is 0.0253. The number of aromatic nitrogens is 3. The van der Waals surface area contributed by atoms with Gasteiger partial charge in [-0.1, -0.05) is 39.8 Å². The molecule has 60 heavy (non-hydrogen) atoms. The molecule has 14 heteroatoms. The van der Waals surface area contributed by atoms with Gasteiger partial charge in [0, 0.05) is 67.9 Å². The van der Waals surface area contributed by atoms with E-state index in [1.165, 1.54) is 17.5 Å². The number of amides is 2. The van der Waals surface area contributed by atoms with Crippen molar-refractivity contribution in [1.82, 2.24) is 30.3 Å². The van der Waals surface area contributed by atoms with E-state index in [0.29, 0.717) is 44.5 Å². The van der Waals surface area contributed by atoms with Crippen LogP contribution in [0.1, 0.15) is 71.1 Å². The fourth-order valence-corrected chi connectivity index (χ4v) is 8.87. The Morgan fingerprint density at radius 2 is 1.92 bits per heavy atom. The third-order valence-corrected chi connectivity index (χ3v) is 11.8. The lowest BCUT2D eigenvalue weighted by Crippen LogP contribution is -2.66. The van der Waals surface area contributed by atoms with Gasteiger partial charge in [-0.05, 0) is 97.2 Å². The Bertz CT molecular complexity index is 2370. The van der Waals surface area contributed by atoms with E-state index < -0.39 is 40.8 Å². The number of likely N-dealkylation sites (N-methyl/N-ethyl adjacent to an activating group) is 1. The maximum atomic E-state index is 14.7. The van der Waals surface area contributed by atoms with Gasteiger partial charge < -0.3 is 33.8 Å². The van der Waals surface area contributed by atoms with Crippen molar-refractivity contribution >= 4 is 34.7 Å². The molecule has 0 radical (unpaired) electrons. The van der Waals surface area contributed by atoms with Crippen LogP contribution in [0.3, 0.4) is 0 Å². The number of phenolic OH excluding ortho intramolecular Hbond substituents is 1. The Morgan fingerprint density at radius 3 is 2.63 bits per heavy atom. The molecule has 2 aliphatic rings. The number of aromatic hydroxyl groups is 1. The van der Waals surface area contributed by atoms with E-state index in [0.717, 1.165) is 44.4 Å². The first-order valence-corrected chi connectivity index (χ1v) is 20.7. The van der Waals surface area contributed by atoms with E-state index in [1.54, 1.807) is 44.3 Å². The normalized spacial score (nSPS) is 20.1. The zero-order chi connectivity index (χ0) is 42.9. The molecule has 5 heterocycles. The zero-order valence-electron chi connectivity index (χ0n) is 35.9. The number of phenols is 1. The van der Waals surface area contributed by atoms with Crippen molar-refractivity contribution in [1.29, 1.82) is 0 Å². The summed E-state index contributed by atoms with van der Waals surface area (Å²) in [6.45, 7) is 13.4. The molecule has 5 aromatic rings. The highest BCUT2D eigenvalue weighted by molar-refractivity contribution is 5.96. The van der Waals surface area contributed by atoms with Gasteiger partial charge in [0.05, 0.1) is 25.1 Å². The van der Waals surface area contributed by atoms with E-state index in [-0.39, 0.29) is 30.7 Å². The molecule has 2 aromatic carbocycles. The number of hydrogen-bond donors (Lipinski definition) is 3. The first-order chi connectivity index (χ1) is 28.6. The number of hydrazine groups is 1. The number of methoxy groups -OCH3 is 1. The van der Waals surface area contributed by atoms with Gasteiger partial charge in [-0.2, -0.15) is 0 Å². The smallest absolute Gasteiger partial charge is 0.327 e. The molecular formula is C46H57N7O7. The standard InChI is InChI=1S/C46H57N7O7/c1-9-52-38-12-11-30-23-34(38)35(40(52)36-25-47-15-13-31(36)26-58-8)24-45(4,5)27-60-43(57)46(6)14-10-17-53(50-46)42(56)37(21-29-19-32(30)22-33(54)20-29)49-41(55)39(28(2)3)51(7)44-48-16-18-59-44/h11-13,15-16,18-20,22-23,25,28,37,39,50,54H,9-10,14,17,21,24,26-27H2,1-8H3,(H,49,55)/t37-,39-,46+/m0/s1. The summed E-state index contributed by atoms with van der Waals surface area (Å²) in [5, 5.41) is 16.8. The summed E-state index contributed by atoms with van der Waals surface area (Å²) in [4.78, 5) is 53.5. The van der Waals surface area contributed by atoms with Gasteiger partial charge in [0.15, 0.2) is 0 Å². The molecule has 1 saturated heterocycles. The second kappa shape index (κ2) is 17.1. The summed E-state index contributed by atoms with van der Waals surface area (Å²) in [6.07, 6.45) is 8.21. The van der Waals surface area contributed by atoms with Crippen LogP contribution in [0.15, 0.2) is 71.7 Å². The third kappa shape index (κ3) is 8.48. The molecule has 6 bridgehead atoms. The summed E-state index contributed by atoms with van der Waals surface area (Å²) in [7, 11) is 3.41. The van der Waals surface area contributed by atoms with Gasteiger partial charge in [-0.25, -0.2) is 15.2 Å². The fraction of sp³-hybridized carbons (Fsp3) is 0.457. The van der Waals surface area contributed by atoms with Crippen LogP contribution < -0.4 is 15.6 Å². The van der Waals surface area contributed by atoms with Crippen LogP contribution in [0.2, 0.25) is 0 Å². The molecule has 2 aliphatic heterocycles. The Labute approximate surface area is 351 Å². The second-order valence-corrected chi connectivity index (χ2v) is 17.5. The molecule has 7 rings (SSSR count). The largest absolute Gasteiger partial charge is 0.508 e. The molecule has 0 saturated carbocycles. The number of hydrogen-bond acceptors (Lipinski definition) is 11. The predicted molar refractivity (Wildman–Crippen MR) is 229 cm³/mol. The number of esters is 1. The van der Waals surface area contributed by atoms with Crippen LogP contribution in [0.4, 0.5) is 6.01 Å². The molecule has 318 valence electrons. The van der Waals surface area contributed by atoms with E-state index >= 15 is 0 Å². The minimum Gasteiger partial charge on any atom is -0.508 e. The first kappa shape index (κ1) is 42.4. The Kier molecular flexibility index (Phi) is 12.1. The number of nitrogens with one attached hydrogen (secondary N) is 2. The monoisotopic (exact) mass is 819 g/mol. The summed E-state index contributed by atoms with van der Waals surface area (Å²) in [5.41, 5.74) is 8.83. The number of rotatable bonds is 9. The third-order valence-electron chi connectivity index (χ3n) is 11.8. The van der Waals surface area contributed by atoms with Crippen LogP contribution in [0, 0.1) is 11.3 Å². The topological polar surface area (TPSA) is 164 Å². The van der Waals surface area contributed by atoms with Gasteiger partial charge in [0.2, 0.25) is 5.91 Å². The van der Waals surface area contributed by atoms with E-state index in [9.17, 15) is 19.5 Å². The highest BCUT2D eigenvalue weighted by atomic mass is 16.5. The maximum absolute atomic E-state index is 14.7. The van der Waals surface area contributed by atoms with E-state index in [4.69, 9.17) is 13.9 Å². The SMILES string of the molecule is CCn1c(-c2cnccc2COC)c2c3cc(ccc31)-c1cc(O)cc(c1)C[C@H](NC(=O)[C@H](C(C)C)N(C)c1ncco1)C(=O)N1CCC[C@@](C)(N1)C(=O)OCC(C)(C)C2. The van der Waals surface area contributed by atoms with Gasteiger partial charge in [-0.15, -0.1) is 0 Å². The Morgan fingerprint density at radius 1 is 1.12 bits per heavy atom. The maximum Gasteiger partial charge on any atom is 0.327 e. The highest BCUT2D eigenvalue weighted by Crippen LogP contribution is 2.41. The van der Waals surface area contributed by atoms with Crippen molar-refractivity contribution in [2.24, 2.45) is 11.3 Å². The molecule has 0 spiro atoms. The molecular weight excluding hydrogens is 763 g/mol. The lowest BCUT2D eigenvalue weighted by molar-refractivity contribution is -0.162. The van der Waals surface area contributed by atoms with Crippen LogP contribution in [-0.2, 0) is 49.9 Å². The highest BCUT2D eigenvalue weighted by Gasteiger charge is 2.43. The predicted octanol–water partition coefficient (Wildman–Crippen LogP) is 6.43. The van der Waals surface area contributed by atoms with E-state index in [1.807, 2.05) is 38.2 Å². The van der Waals surface area contributed by atoms with E-state index in [2.05, 4.69) is 58.2 Å². The molecule has 14 nitrogen and oxygen atoms in total. The van der Waals surface area contributed by atoms with Crippen molar-refractivity contribution in [2.45, 2.75) is 98.0 Å². The number of nitrogens with zero attached hydrogens (tertiary/aromatic N) is 5. The average molecular weight is 820 g/mol. The molecule has 0 unspecified atom stereocenters. The van der Waals surface area contributed by atoms with Crippen LogP contribution >= 0.6 is 0 Å². The number of benzene rings is 2. The van der Waals surface area contributed by atoms with Crippen molar-refractivity contribution < 1.29 is 33.4 Å². The van der Waals surface area contributed by atoms with Gasteiger partial charge >= 0.3 is 5.97 Å². The summed E-state index contributed by atoms with van der Waals surface area (Å²) in [5.74, 6) is -1.45. The molecule has 0 aliphatic carbocycles. The first-order valence-electron chi connectivity index (χ1n) is 20.7. The number of cyclic esters (lactones) is 1. The zero-order valence-corrected chi connectivity index (χ0v) is 35.9. The van der Waals surface area contributed by atoms with Crippen molar-refractivity contribution in [3.8, 4) is 28.1 Å². The number of aryl methyl sites for hydroxylation is 1. The average Bonchev–Trinajstić information content (AvgIpc) is 3.86. The van der Waals surface area contributed by atoms with Crippen molar-refractivity contribution in [2.75, 3.05) is 32.2 Å². The molecule has 1 fully saturated rings. The second-order valence-electron chi connectivity index (χ2n) is 17.5. The number of pyridine rings is 1. The van der Waals surface area contributed by atoms with Crippen molar-refractivity contribution in [3.05, 3.63) is 84.0 Å². The van der Waals surface area contributed by atoms with Crippen molar-refractivity contribution in [3.63, 3.8) is 0 Å². The fourth-order valence-electron chi connectivity index (χ4n) is 8.87. The van der Waals surface area contributed by atoms with Gasteiger partial charge in [0.25, 0.3) is 11.9 Å². The van der Waals surface area contributed by atoms with Crippen LogP contribution in [0.5, 0.6) is 5.75 Å². The van der Waals surface area contributed by atoms with Gasteiger partial charge in [0.1, 0.15) is 29.6 Å². The summed E-state index contributed by atoms with van der Waals surface area (Å²) < 4.78 is 19.6. The number of carbonyl (C=O) groups excluding carboxylic acids is 3. The van der Waals surface area contributed by atoms with Crippen LogP contribution in [-0.4, -0.2) is 87.4 Å². The quantitative estimate of drug-likeness (QED) is 0.141. The summed E-state index contributed by atoms with van der Waals surface area (Å²) in [6, 6.07) is 12.0. The Hall–Kier alpha value is -5.73. The van der Waals surface area contributed by atoms with Gasteiger partial charge in [-0.3, -0.25) is 19.6 Å². The number of ether oxygens (including phenoxy) is 2. The number of anilines is 1.